The summed E-state index contributed by atoms with van der Waals surface area (Å²) in [5.74, 6) is 1.75. The van der Waals surface area contributed by atoms with E-state index < -0.39 is 0 Å². The Bertz CT molecular complexity index is 940. The summed E-state index contributed by atoms with van der Waals surface area (Å²) in [6.07, 6.45) is 9.39. The third-order valence-electron chi connectivity index (χ3n) is 5.21. The van der Waals surface area contributed by atoms with Crippen molar-refractivity contribution >= 4 is 11.9 Å². The quantitative estimate of drug-likeness (QED) is 0.257. The number of aromatic amines is 4. The van der Waals surface area contributed by atoms with Gasteiger partial charge in [0.25, 0.3) is 0 Å². The van der Waals surface area contributed by atoms with E-state index in [4.69, 9.17) is 9.98 Å². The van der Waals surface area contributed by atoms with E-state index in [-0.39, 0.29) is 0 Å². The molecule has 3 rings (SSSR count). The maximum atomic E-state index is 4.79. The van der Waals surface area contributed by atoms with Gasteiger partial charge >= 0.3 is 0 Å². The fraction of sp³-hybridized carbons (Fsp3) is 0.417. The molecule has 6 N–H and O–H groups in total. The summed E-state index contributed by atoms with van der Waals surface area (Å²) >= 11 is 0. The Morgan fingerprint density at radius 3 is 1.65 bits per heavy atom. The van der Waals surface area contributed by atoms with Gasteiger partial charge in [-0.2, -0.15) is 0 Å². The Balaban J connectivity index is 1.54. The molecule has 0 fully saturated rings. The van der Waals surface area contributed by atoms with Crippen LogP contribution in [0.5, 0.6) is 0 Å². The van der Waals surface area contributed by atoms with Gasteiger partial charge < -0.3 is 20.4 Å². The van der Waals surface area contributed by atoms with E-state index in [0.717, 1.165) is 60.4 Å². The predicted octanol–water partition coefficient (Wildman–Crippen LogP) is 0.471. The fourth-order valence-corrected chi connectivity index (χ4v) is 3.41. The molecule has 0 saturated heterocycles. The normalized spacial score (nSPS) is 12.0. The molecule has 0 amide bonds. The van der Waals surface area contributed by atoms with Crippen LogP contribution in [-0.2, 0) is 25.9 Å². The van der Waals surface area contributed by atoms with Crippen molar-refractivity contribution in [2.75, 3.05) is 41.3 Å². The highest BCUT2D eigenvalue weighted by Gasteiger charge is 2.06. The van der Waals surface area contributed by atoms with Crippen molar-refractivity contribution in [1.29, 1.82) is 0 Å². The molecule has 0 aliphatic rings. The van der Waals surface area contributed by atoms with Crippen LogP contribution in [0.3, 0.4) is 0 Å². The second kappa shape index (κ2) is 13.0. The predicted molar refractivity (Wildman–Crippen MR) is 134 cm³/mol. The first kappa shape index (κ1) is 24.8. The fourth-order valence-electron chi connectivity index (χ4n) is 3.41. The van der Waals surface area contributed by atoms with Gasteiger partial charge in [0.1, 0.15) is 23.8 Å². The molecule has 182 valence electrons. The molecule has 2 heterocycles. The molecule has 0 aliphatic carbocycles. The molecule has 10 nitrogen and oxygen atoms in total. The Morgan fingerprint density at radius 1 is 0.794 bits per heavy atom. The number of aromatic nitrogens is 4. The molecule has 3 aromatic rings. The lowest BCUT2D eigenvalue weighted by atomic mass is 10.1. The second-order valence-corrected chi connectivity index (χ2v) is 8.49. The molecule has 0 aliphatic heterocycles. The van der Waals surface area contributed by atoms with Crippen LogP contribution in [0.4, 0.5) is 0 Å². The van der Waals surface area contributed by atoms with Crippen molar-refractivity contribution in [1.82, 2.24) is 30.4 Å². The van der Waals surface area contributed by atoms with Crippen LogP contribution in [-0.4, -0.2) is 73.0 Å². The number of guanidine groups is 2. The molecule has 34 heavy (non-hydrogen) atoms. The lowest BCUT2D eigenvalue weighted by Gasteiger charge is -2.18. The highest BCUT2D eigenvalue weighted by Crippen LogP contribution is 2.08. The van der Waals surface area contributed by atoms with Crippen molar-refractivity contribution in [2.24, 2.45) is 9.98 Å². The van der Waals surface area contributed by atoms with E-state index >= 15 is 0 Å². The Labute approximate surface area is 201 Å². The lowest BCUT2D eigenvalue weighted by molar-refractivity contribution is -0.376. The molecule has 2 aromatic heterocycles. The molecule has 0 bridgehead atoms. The van der Waals surface area contributed by atoms with Crippen molar-refractivity contribution in [2.45, 2.75) is 25.9 Å². The minimum absolute atomic E-state index is 0.611. The minimum atomic E-state index is 0.611. The molecule has 10 heteroatoms. The van der Waals surface area contributed by atoms with Gasteiger partial charge in [-0.15, -0.1) is 0 Å². The zero-order valence-corrected chi connectivity index (χ0v) is 20.7. The van der Waals surface area contributed by atoms with Gasteiger partial charge in [0.2, 0.25) is 12.7 Å². The van der Waals surface area contributed by atoms with Gasteiger partial charge in [-0.25, -0.2) is 20.0 Å². The summed E-state index contributed by atoms with van der Waals surface area (Å²) in [4.78, 5) is 26.0. The lowest BCUT2D eigenvalue weighted by Crippen LogP contribution is -2.37. The third kappa shape index (κ3) is 8.27. The largest absolute Gasteiger partial charge is 0.356 e. The number of aliphatic imine (C=N–C) groups is 2. The maximum absolute atomic E-state index is 4.79. The summed E-state index contributed by atoms with van der Waals surface area (Å²) in [7, 11) is 8.01. The Kier molecular flexibility index (Phi) is 9.51. The highest BCUT2D eigenvalue weighted by atomic mass is 15.3. The van der Waals surface area contributed by atoms with Crippen molar-refractivity contribution in [3.63, 3.8) is 0 Å². The molecule has 0 radical (unpaired) electrons. The van der Waals surface area contributed by atoms with Crippen LogP contribution in [0.1, 0.15) is 22.5 Å². The van der Waals surface area contributed by atoms with Crippen molar-refractivity contribution in [3.8, 4) is 0 Å². The second-order valence-electron chi connectivity index (χ2n) is 8.49. The van der Waals surface area contributed by atoms with Crippen LogP contribution in [0, 0.1) is 0 Å². The van der Waals surface area contributed by atoms with Gasteiger partial charge in [0.05, 0.1) is 13.1 Å². The minimum Gasteiger partial charge on any atom is -0.356 e. The molecule has 0 unspecified atom stereocenters. The van der Waals surface area contributed by atoms with E-state index in [9.17, 15) is 0 Å². The Morgan fingerprint density at radius 2 is 1.26 bits per heavy atom. The maximum Gasteiger partial charge on any atom is 0.239 e. The molecule has 0 atom stereocenters. The first-order valence-electron chi connectivity index (χ1n) is 11.6. The van der Waals surface area contributed by atoms with Gasteiger partial charge in [0, 0.05) is 54.1 Å². The Hall–Kier alpha value is -3.82. The van der Waals surface area contributed by atoms with Crippen LogP contribution in [0.15, 0.2) is 59.3 Å². The van der Waals surface area contributed by atoms with Gasteiger partial charge in [0.15, 0.2) is 11.9 Å². The topological polar surface area (TPSA) is 115 Å². The molecular weight excluding hydrogens is 428 g/mol. The number of H-pyrrole nitrogens is 4. The van der Waals surface area contributed by atoms with Crippen LogP contribution >= 0.6 is 0 Å². The number of hydrogen-bond acceptors (Lipinski definition) is 2. The summed E-state index contributed by atoms with van der Waals surface area (Å²) in [5, 5.41) is 6.85. The smallest absolute Gasteiger partial charge is 0.239 e. The number of nitrogens with zero attached hydrogens (tertiary/aromatic N) is 4. The summed E-state index contributed by atoms with van der Waals surface area (Å²) in [6, 6.07) is 8.47. The van der Waals surface area contributed by atoms with Gasteiger partial charge in [-0.3, -0.25) is 9.97 Å². The van der Waals surface area contributed by atoms with Crippen LogP contribution in [0.25, 0.3) is 0 Å². The molecule has 1 aromatic carbocycles. The number of rotatable bonds is 10. The number of benzene rings is 1. The average molecular weight is 467 g/mol. The number of imidazole rings is 2. The monoisotopic (exact) mass is 466 g/mol. The third-order valence-corrected chi connectivity index (χ3v) is 5.21. The van der Waals surface area contributed by atoms with E-state index in [0.29, 0.717) is 13.1 Å². The highest BCUT2D eigenvalue weighted by molar-refractivity contribution is 5.79. The van der Waals surface area contributed by atoms with Crippen molar-refractivity contribution in [3.05, 3.63) is 71.8 Å². The first-order valence-corrected chi connectivity index (χ1v) is 11.6. The van der Waals surface area contributed by atoms with Crippen LogP contribution < -0.4 is 20.6 Å². The summed E-state index contributed by atoms with van der Waals surface area (Å²) in [5.41, 5.74) is 4.65. The SMILES string of the molecule is CN(C)C(=NCc1cccc(CN=C(NCCc2c[nH+]c[nH]2)N(C)C)c1)NCCc1c[nH+]c[nH]1. The summed E-state index contributed by atoms with van der Waals surface area (Å²) in [6.45, 7) is 2.84. The van der Waals surface area contributed by atoms with E-state index in [1.807, 2.05) is 63.0 Å². The van der Waals surface area contributed by atoms with E-state index in [2.05, 4.69) is 54.8 Å². The first-order chi connectivity index (χ1) is 16.5. The molecule has 0 spiro atoms. The molecule has 0 saturated carbocycles. The van der Waals surface area contributed by atoms with Crippen molar-refractivity contribution < 1.29 is 9.97 Å². The zero-order chi connectivity index (χ0) is 24.2. The zero-order valence-electron chi connectivity index (χ0n) is 20.7. The van der Waals surface area contributed by atoms with E-state index in [1.54, 1.807) is 0 Å². The summed E-state index contributed by atoms with van der Waals surface area (Å²) < 4.78 is 0. The van der Waals surface area contributed by atoms with E-state index in [1.165, 1.54) is 0 Å². The average Bonchev–Trinajstić information content (AvgIpc) is 3.52. The van der Waals surface area contributed by atoms with Crippen LogP contribution in [0.2, 0.25) is 0 Å². The standard InChI is InChI=1S/C24H36N10/c1-33(2)23(27-10-8-21-15-25-17-31-21)29-13-19-6-5-7-20(12-19)14-30-24(34(3)4)28-11-9-22-16-26-18-32-22/h5-7,12,15-18H,8-11,13-14H2,1-4H3,(H,25,31)(H,26,32)(H,27,29)(H,28,30)/p+2. The number of hydrogen-bond donors (Lipinski definition) is 4. The van der Waals surface area contributed by atoms with Gasteiger partial charge in [-0.05, 0) is 11.1 Å². The molecular formula is C24H38N10+2. The van der Waals surface area contributed by atoms with Gasteiger partial charge in [-0.1, -0.05) is 24.3 Å². The number of nitrogens with one attached hydrogen (secondary N) is 6.